The first-order valence-corrected chi connectivity index (χ1v) is 12.2. The first kappa shape index (κ1) is 28.2. The van der Waals surface area contributed by atoms with E-state index in [9.17, 15) is 19.8 Å². The zero-order valence-electron chi connectivity index (χ0n) is 20.6. The largest absolute Gasteiger partial charge is 0.492 e. The highest BCUT2D eigenvalue weighted by Crippen LogP contribution is 2.38. The molecule has 1 saturated heterocycles. The van der Waals surface area contributed by atoms with E-state index in [1.54, 1.807) is 25.3 Å². The van der Waals surface area contributed by atoms with Gasteiger partial charge in [-0.3, -0.25) is 4.79 Å². The van der Waals surface area contributed by atoms with Crippen LogP contribution in [0.2, 0.25) is 5.02 Å². The fraction of sp³-hybridized carbons (Fsp3) is 0.680. The molecule has 1 amide bonds. The maximum Gasteiger partial charge on any atom is 0.405 e. The molecule has 1 aromatic rings. The lowest BCUT2D eigenvalue weighted by Crippen LogP contribution is -2.45. The van der Waals surface area contributed by atoms with Gasteiger partial charge in [0.2, 0.25) is 0 Å². The van der Waals surface area contributed by atoms with Crippen LogP contribution < -0.4 is 10.1 Å². The fourth-order valence-corrected chi connectivity index (χ4v) is 4.56. The van der Waals surface area contributed by atoms with Crippen LogP contribution >= 0.6 is 11.6 Å². The standard InChI is InChI=1S/C25H38ClNO7/c1-14(2)17(12-20(27-25(30)31)22-13-18(15(3)4)24(29)34-22)23(28)16-7-8-19(26)21(11-16)33-10-6-9-32-5/h7-8,11,14-15,17-18,20,22-23,27-28H,6,9-10,12-13H2,1-5H3,(H,30,31). The Balaban J connectivity index is 2.21. The van der Waals surface area contributed by atoms with Gasteiger partial charge in [-0.2, -0.15) is 0 Å². The van der Waals surface area contributed by atoms with Crippen molar-refractivity contribution < 1.29 is 34.0 Å². The van der Waals surface area contributed by atoms with Crippen LogP contribution in [0, 0.1) is 23.7 Å². The van der Waals surface area contributed by atoms with Gasteiger partial charge in [0.1, 0.15) is 11.9 Å². The van der Waals surface area contributed by atoms with Crippen molar-refractivity contribution in [3.8, 4) is 5.75 Å². The third kappa shape index (κ3) is 7.75. The summed E-state index contributed by atoms with van der Waals surface area (Å²) in [6, 6.07) is 4.51. The number of hydrogen-bond acceptors (Lipinski definition) is 6. The van der Waals surface area contributed by atoms with Crippen molar-refractivity contribution in [3.63, 3.8) is 0 Å². The van der Waals surface area contributed by atoms with Gasteiger partial charge >= 0.3 is 12.1 Å². The summed E-state index contributed by atoms with van der Waals surface area (Å²) in [4.78, 5) is 23.8. The van der Waals surface area contributed by atoms with E-state index in [-0.39, 0.29) is 29.6 Å². The first-order chi connectivity index (χ1) is 16.0. The smallest absolute Gasteiger partial charge is 0.405 e. The predicted molar refractivity (Wildman–Crippen MR) is 129 cm³/mol. The van der Waals surface area contributed by atoms with Crippen LogP contribution in [0.4, 0.5) is 4.79 Å². The fourth-order valence-electron chi connectivity index (χ4n) is 4.39. The topological polar surface area (TPSA) is 114 Å². The predicted octanol–water partition coefficient (Wildman–Crippen LogP) is 4.67. The second-order valence-electron chi connectivity index (χ2n) is 9.59. The highest BCUT2D eigenvalue weighted by atomic mass is 35.5. The summed E-state index contributed by atoms with van der Waals surface area (Å²) in [5, 5.41) is 23.7. The number of cyclic esters (lactones) is 1. The van der Waals surface area contributed by atoms with Crippen LogP contribution in [0.15, 0.2) is 18.2 Å². The van der Waals surface area contributed by atoms with Crippen LogP contribution in [0.1, 0.15) is 58.6 Å². The summed E-state index contributed by atoms with van der Waals surface area (Å²) in [5.41, 5.74) is 0.627. The number of benzene rings is 1. The van der Waals surface area contributed by atoms with Gasteiger partial charge in [0.25, 0.3) is 0 Å². The second kappa shape index (κ2) is 13.2. The number of methoxy groups -OCH3 is 1. The number of aliphatic hydroxyl groups is 1. The Labute approximate surface area is 206 Å². The van der Waals surface area contributed by atoms with Crippen molar-refractivity contribution in [2.75, 3.05) is 20.3 Å². The highest BCUT2D eigenvalue weighted by molar-refractivity contribution is 6.32. The Kier molecular flexibility index (Phi) is 10.9. The Morgan fingerprint density at radius 2 is 1.97 bits per heavy atom. The lowest BCUT2D eigenvalue weighted by atomic mass is 9.80. The molecule has 1 heterocycles. The number of carboxylic acid groups (broad SMARTS) is 1. The molecule has 0 saturated carbocycles. The highest BCUT2D eigenvalue weighted by Gasteiger charge is 2.42. The quantitative estimate of drug-likeness (QED) is 0.267. The van der Waals surface area contributed by atoms with Gasteiger partial charge in [0.05, 0.1) is 29.7 Å². The number of halogens is 1. The Hall–Kier alpha value is -2.03. The Morgan fingerprint density at radius 1 is 1.26 bits per heavy atom. The maximum absolute atomic E-state index is 12.3. The van der Waals surface area contributed by atoms with Crippen LogP contribution in [-0.2, 0) is 14.3 Å². The SMILES string of the molecule is COCCCOc1cc(C(O)C(CC(NC(=O)O)C2CC(C(C)C)C(=O)O2)C(C)C)ccc1Cl. The average molecular weight is 500 g/mol. The number of rotatable bonds is 13. The normalized spacial score (nSPS) is 20.8. The molecule has 1 aromatic carbocycles. The number of carbonyl (C=O) groups excluding carboxylic acids is 1. The third-order valence-corrected chi connectivity index (χ3v) is 6.77. The molecule has 0 radical (unpaired) electrons. The van der Waals surface area contributed by atoms with Gasteiger partial charge in [0.15, 0.2) is 0 Å². The molecule has 0 aliphatic carbocycles. The van der Waals surface area contributed by atoms with Gasteiger partial charge < -0.3 is 29.7 Å². The van der Waals surface area contributed by atoms with E-state index in [2.05, 4.69) is 5.32 Å². The number of hydrogen-bond donors (Lipinski definition) is 3. The molecule has 1 fully saturated rings. The van der Waals surface area contributed by atoms with Crippen molar-refractivity contribution in [2.24, 2.45) is 23.7 Å². The number of esters is 1. The number of amides is 1. The van der Waals surface area contributed by atoms with Crippen LogP contribution in [0.25, 0.3) is 0 Å². The minimum atomic E-state index is -1.19. The van der Waals surface area contributed by atoms with E-state index in [1.165, 1.54) is 0 Å². The van der Waals surface area contributed by atoms with Crippen molar-refractivity contribution >= 4 is 23.7 Å². The van der Waals surface area contributed by atoms with Crippen molar-refractivity contribution in [1.82, 2.24) is 5.32 Å². The van der Waals surface area contributed by atoms with E-state index < -0.39 is 24.3 Å². The zero-order valence-corrected chi connectivity index (χ0v) is 21.4. The molecule has 0 spiro atoms. The number of aliphatic hydroxyl groups excluding tert-OH is 1. The van der Waals surface area contributed by atoms with Crippen LogP contribution in [0.5, 0.6) is 5.75 Å². The number of carbonyl (C=O) groups is 2. The molecule has 34 heavy (non-hydrogen) atoms. The van der Waals surface area contributed by atoms with Gasteiger partial charge in [-0.05, 0) is 48.3 Å². The number of ether oxygens (including phenoxy) is 3. The van der Waals surface area contributed by atoms with E-state index in [4.69, 9.17) is 25.8 Å². The molecular weight excluding hydrogens is 462 g/mol. The van der Waals surface area contributed by atoms with Crippen LogP contribution in [0.3, 0.4) is 0 Å². The monoisotopic (exact) mass is 499 g/mol. The molecule has 1 aliphatic heterocycles. The lowest BCUT2D eigenvalue weighted by Gasteiger charge is -2.32. The molecule has 3 N–H and O–H groups in total. The average Bonchev–Trinajstić information content (AvgIpc) is 3.16. The van der Waals surface area contributed by atoms with E-state index in [1.807, 2.05) is 27.7 Å². The lowest BCUT2D eigenvalue weighted by molar-refractivity contribution is -0.146. The molecule has 8 nitrogen and oxygen atoms in total. The molecule has 5 unspecified atom stereocenters. The molecule has 192 valence electrons. The summed E-state index contributed by atoms with van der Waals surface area (Å²) >= 11 is 6.27. The number of nitrogens with one attached hydrogen (secondary N) is 1. The Morgan fingerprint density at radius 3 is 2.53 bits per heavy atom. The van der Waals surface area contributed by atoms with Gasteiger partial charge in [-0.1, -0.05) is 45.4 Å². The summed E-state index contributed by atoms with van der Waals surface area (Å²) < 4.78 is 16.4. The molecule has 9 heteroatoms. The first-order valence-electron chi connectivity index (χ1n) is 11.8. The van der Waals surface area contributed by atoms with Gasteiger partial charge in [-0.25, -0.2) is 4.79 Å². The van der Waals surface area contributed by atoms with Crippen molar-refractivity contribution in [2.45, 2.75) is 65.2 Å². The minimum absolute atomic E-state index is 0.0212. The summed E-state index contributed by atoms with van der Waals surface area (Å²) in [6.07, 6.45) is -1.20. The van der Waals surface area contributed by atoms with Crippen LogP contribution in [-0.4, -0.2) is 54.7 Å². The Bertz CT molecular complexity index is 816. The second-order valence-corrected chi connectivity index (χ2v) is 10.00. The van der Waals surface area contributed by atoms with Crippen molar-refractivity contribution in [1.29, 1.82) is 0 Å². The molecule has 0 aromatic heterocycles. The molecule has 0 bridgehead atoms. The van der Waals surface area contributed by atoms with Crippen molar-refractivity contribution in [3.05, 3.63) is 28.8 Å². The molecular formula is C25H38ClNO7. The van der Waals surface area contributed by atoms with E-state index in [0.717, 1.165) is 0 Å². The molecule has 2 rings (SSSR count). The van der Waals surface area contributed by atoms with E-state index >= 15 is 0 Å². The summed E-state index contributed by atoms with van der Waals surface area (Å²) in [5.74, 6) is -0.275. The third-order valence-electron chi connectivity index (χ3n) is 6.45. The van der Waals surface area contributed by atoms with Gasteiger partial charge in [-0.15, -0.1) is 0 Å². The van der Waals surface area contributed by atoms with E-state index in [0.29, 0.717) is 48.8 Å². The molecule has 1 aliphatic rings. The zero-order chi connectivity index (χ0) is 25.4. The minimum Gasteiger partial charge on any atom is -0.492 e. The maximum atomic E-state index is 12.3. The summed E-state index contributed by atoms with van der Waals surface area (Å²) in [6.45, 7) is 8.84. The summed E-state index contributed by atoms with van der Waals surface area (Å²) in [7, 11) is 1.62. The van der Waals surface area contributed by atoms with Gasteiger partial charge in [0, 0.05) is 20.1 Å². The molecule has 5 atom stereocenters.